The van der Waals surface area contributed by atoms with Gasteiger partial charge in [0.25, 0.3) is 0 Å². The van der Waals surface area contributed by atoms with Crippen molar-refractivity contribution in [3.8, 4) is 11.5 Å². The fourth-order valence-corrected chi connectivity index (χ4v) is 3.94. The van der Waals surface area contributed by atoms with E-state index in [1.54, 1.807) is 6.92 Å². The lowest BCUT2D eigenvalue weighted by atomic mass is 9.87. The third-order valence-electron chi connectivity index (χ3n) is 6.12. The Morgan fingerprint density at radius 3 is 2.51 bits per heavy atom. The van der Waals surface area contributed by atoms with Crippen molar-refractivity contribution in [2.45, 2.75) is 80.6 Å². The number of rotatable bonds is 3. The topological polar surface area (TPSA) is 59.7 Å². The van der Waals surface area contributed by atoms with Gasteiger partial charge >= 0.3 is 0 Å². The molecule has 0 bridgehead atoms. The fourth-order valence-electron chi connectivity index (χ4n) is 3.94. The monoisotopic (exact) mass is 478 g/mol. The number of hydrogen-bond donors (Lipinski definition) is 1. The number of methoxy groups -OCH3 is 1. The summed E-state index contributed by atoms with van der Waals surface area (Å²) < 4.78 is 11.0. The van der Waals surface area contributed by atoms with Crippen LogP contribution < -0.4 is 10.2 Å². The van der Waals surface area contributed by atoms with Crippen molar-refractivity contribution in [1.82, 2.24) is 0 Å². The molecule has 0 saturated carbocycles. The van der Waals surface area contributed by atoms with E-state index in [0.29, 0.717) is 28.9 Å². The molecule has 1 N–H and O–H groups in total. The van der Waals surface area contributed by atoms with Gasteiger partial charge in [-0.15, -0.1) is 0 Å². The number of phenols is 1. The van der Waals surface area contributed by atoms with Crippen molar-refractivity contribution < 1.29 is 14.3 Å². The summed E-state index contributed by atoms with van der Waals surface area (Å²) in [4.78, 5) is 12.0. The van der Waals surface area contributed by atoms with Crippen LogP contribution >= 0.6 is 0 Å². The van der Waals surface area contributed by atoms with Crippen molar-refractivity contribution in [2.75, 3.05) is 7.11 Å². The quantitative estimate of drug-likeness (QED) is 0.450. The molecule has 3 rings (SSSR count). The Kier molecular flexibility index (Phi) is 10.2. The maximum Gasteiger partial charge on any atom is 0.196 e. The number of ether oxygens (including phenoxy) is 1. The number of phenolic OH excluding ortho intramolecular Hbond substituents is 1. The minimum atomic E-state index is -0.248. The van der Waals surface area contributed by atoms with E-state index in [1.807, 2.05) is 19.9 Å². The Morgan fingerprint density at radius 2 is 1.86 bits per heavy atom. The number of benzene rings is 1. The average molecular weight is 479 g/mol. The molecule has 0 fully saturated rings. The van der Waals surface area contributed by atoms with E-state index in [9.17, 15) is 9.90 Å². The molecular formula is C31H42O4. The van der Waals surface area contributed by atoms with Crippen molar-refractivity contribution >= 4 is 11.0 Å². The number of aryl methyl sites for hydroxylation is 1. The van der Waals surface area contributed by atoms with Gasteiger partial charge in [-0.2, -0.15) is 0 Å². The molecule has 0 amide bonds. The molecule has 1 aromatic heterocycles. The molecule has 35 heavy (non-hydrogen) atoms. The van der Waals surface area contributed by atoms with Gasteiger partial charge in [-0.05, 0) is 72.1 Å². The minimum Gasteiger partial charge on any atom is -0.507 e. The second kappa shape index (κ2) is 12.6. The lowest BCUT2D eigenvalue weighted by Crippen LogP contribution is -2.05. The van der Waals surface area contributed by atoms with Crippen LogP contribution in [0.25, 0.3) is 11.0 Å². The predicted molar refractivity (Wildman–Crippen MR) is 147 cm³/mol. The zero-order chi connectivity index (χ0) is 26.2. The van der Waals surface area contributed by atoms with E-state index in [4.69, 9.17) is 9.15 Å². The molecule has 0 radical (unpaired) electrons. The van der Waals surface area contributed by atoms with Crippen molar-refractivity contribution in [2.24, 2.45) is 5.41 Å². The van der Waals surface area contributed by atoms with Gasteiger partial charge in [0.05, 0.1) is 7.11 Å². The molecule has 1 heterocycles. The molecule has 4 heteroatoms. The fraction of sp³-hybridized carbons (Fsp3) is 0.452. The zero-order valence-corrected chi connectivity index (χ0v) is 22.7. The van der Waals surface area contributed by atoms with E-state index in [2.05, 4.69) is 52.0 Å². The highest BCUT2D eigenvalue weighted by molar-refractivity contribution is 5.88. The number of aromatic hydroxyl groups is 1. The Morgan fingerprint density at radius 1 is 1.14 bits per heavy atom. The van der Waals surface area contributed by atoms with Crippen LogP contribution in [0.5, 0.6) is 11.5 Å². The van der Waals surface area contributed by atoms with E-state index < -0.39 is 0 Å². The lowest BCUT2D eigenvalue weighted by molar-refractivity contribution is 0.403. The standard InChI is InChI=1S/C16H18O4.C15H24/c1-9(2)5-6-11-14(19-4)8-13(18)15-12(17)7-10(3)20-16(11)15;1-13-7-5-8-14(2)10-12-15(3,4)11-6-9-13/h5,7-8,18H,6H2,1-4H3;6-7,10-11H,5,8-9,12H2,1-4H3. The molecule has 0 atom stereocenters. The molecule has 1 aliphatic carbocycles. The Hall–Kier alpha value is -3.01. The van der Waals surface area contributed by atoms with Gasteiger partial charge in [-0.3, -0.25) is 4.79 Å². The lowest BCUT2D eigenvalue weighted by Gasteiger charge is -2.18. The summed E-state index contributed by atoms with van der Waals surface area (Å²) >= 11 is 0. The Labute approximate surface area is 210 Å². The maximum atomic E-state index is 12.0. The van der Waals surface area contributed by atoms with Gasteiger partial charge in [-0.25, -0.2) is 0 Å². The molecular weight excluding hydrogens is 436 g/mol. The van der Waals surface area contributed by atoms with Gasteiger partial charge in [0.1, 0.15) is 28.2 Å². The van der Waals surface area contributed by atoms with E-state index in [-0.39, 0.29) is 16.6 Å². The van der Waals surface area contributed by atoms with Gasteiger partial charge in [0.2, 0.25) is 0 Å². The third-order valence-corrected chi connectivity index (χ3v) is 6.12. The van der Waals surface area contributed by atoms with E-state index in [0.717, 1.165) is 24.0 Å². The molecule has 0 spiro atoms. The highest BCUT2D eigenvalue weighted by Gasteiger charge is 2.17. The maximum absolute atomic E-state index is 12.0. The average Bonchev–Trinajstić information content (AvgIpc) is 2.78. The normalized spacial score (nSPS) is 15.8. The van der Waals surface area contributed by atoms with Gasteiger partial charge in [0, 0.05) is 17.7 Å². The van der Waals surface area contributed by atoms with E-state index >= 15 is 0 Å². The van der Waals surface area contributed by atoms with E-state index in [1.165, 1.54) is 43.2 Å². The summed E-state index contributed by atoms with van der Waals surface area (Å²) in [6.45, 7) is 14.8. The summed E-state index contributed by atoms with van der Waals surface area (Å²) in [5, 5.41) is 10.2. The molecule has 190 valence electrons. The van der Waals surface area contributed by atoms with Crippen molar-refractivity contribution in [3.05, 3.63) is 80.8 Å². The predicted octanol–water partition coefficient (Wildman–Crippen LogP) is 8.36. The van der Waals surface area contributed by atoms with Gasteiger partial charge < -0.3 is 14.3 Å². The van der Waals surface area contributed by atoms with Crippen LogP contribution in [-0.2, 0) is 6.42 Å². The summed E-state index contributed by atoms with van der Waals surface area (Å²) in [5.41, 5.74) is 5.41. The second-order valence-corrected chi connectivity index (χ2v) is 10.4. The summed E-state index contributed by atoms with van der Waals surface area (Å²) in [6, 6.07) is 2.84. The third kappa shape index (κ3) is 8.61. The molecule has 0 aliphatic heterocycles. The van der Waals surface area contributed by atoms with Crippen LogP contribution in [0, 0.1) is 12.3 Å². The molecule has 0 saturated heterocycles. The molecule has 1 aromatic carbocycles. The van der Waals surface area contributed by atoms with Crippen LogP contribution in [0.15, 0.2) is 68.4 Å². The van der Waals surface area contributed by atoms with Gasteiger partial charge in [0.15, 0.2) is 5.43 Å². The van der Waals surface area contributed by atoms with Crippen LogP contribution in [-0.4, -0.2) is 12.2 Å². The Balaban J connectivity index is 0.000000258. The highest BCUT2D eigenvalue weighted by atomic mass is 16.5. The molecule has 0 unspecified atom stereocenters. The first-order valence-corrected chi connectivity index (χ1v) is 12.4. The van der Waals surface area contributed by atoms with Gasteiger partial charge in [-0.1, -0.05) is 60.9 Å². The highest BCUT2D eigenvalue weighted by Crippen LogP contribution is 2.34. The summed E-state index contributed by atoms with van der Waals surface area (Å²) in [7, 11) is 1.53. The van der Waals surface area contributed by atoms with Crippen LogP contribution in [0.3, 0.4) is 0 Å². The molecule has 1 aliphatic rings. The summed E-state index contributed by atoms with van der Waals surface area (Å²) in [6.07, 6.45) is 16.7. The van der Waals surface area contributed by atoms with Crippen molar-refractivity contribution in [1.29, 1.82) is 0 Å². The summed E-state index contributed by atoms with van der Waals surface area (Å²) in [5.74, 6) is 0.904. The first-order chi connectivity index (χ1) is 16.4. The second-order valence-electron chi connectivity index (χ2n) is 10.4. The molecule has 2 aromatic rings. The van der Waals surface area contributed by atoms with Crippen molar-refractivity contribution in [3.63, 3.8) is 0 Å². The Bertz CT molecular complexity index is 1200. The van der Waals surface area contributed by atoms with Crippen LogP contribution in [0.2, 0.25) is 0 Å². The number of fused-ring (bicyclic) bond motifs is 1. The zero-order valence-electron chi connectivity index (χ0n) is 22.7. The largest absolute Gasteiger partial charge is 0.507 e. The smallest absolute Gasteiger partial charge is 0.196 e. The number of allylic oxidation sites excluding steroid dienone is 8. The first kappa shape index (κ1) is 28.2. The first-order valence-electron chi connectivity index (χ1n) is 12.4. The number of hydrogen-bond acceptors (Lipinski definition) is 4. The SMILES string of the molecule is CC1=CCCC(C)=CCC(C)(C)C=CC1.COc1cc(O)c2c(=O)cc(C)oc2c1CC=C(C)C. The van der Waals surface area contributed by atoms with Crippen LogP contribution in [0.4, 0.5) is 0 Å². The minimum absolute atomic E-state index is 0.119. The van der Waals surface area contributed by atoms with Crippen LogP contribution in [0.1, 0.15) is 78.5 Å². The molecule has 4 nitrogen and oxygen atoms in total.